The highest BCUT2D eigenvalue weighted by Gasteiger charge is 2.23. The zero-order valence-corrected chi connectivity index (χ0v) is 20.0. The fraction of sp³-hybridized carbons (Fsp3) is 0.346. The number of rotatable bonds is 7. The maximum atomic E-state index is 13.0. The highest BCUT2D eigenvalue weighted by atomic mass is 16.2. The summed E-state index contributed by atoms with van der Waals surface area (Å²) < 4.78 is 1.73. The zero-order valence-electron chi connectivity index (χ0n) is 20.0. The summed E-state index contributed by atoms with van der Waals surface area (Å²) in [5.41, 5.74) is 2.22. The lowest BCUT2D eigenvalue weighted by atomic mass is 9.92. The van der Waals surface area contributed by atoms with Crippen molar-refractivity contribution in [3.05, 3.63) is 72.4 Å². The number of hydrogen-bond acceptors (Lipinski definition) is 3. The van der Waals surface area contributed by atoms with Crippen LogP contribution in [0, 0.1) is 5.92 Å². The minimum atomic E-state index is -0.308. The number of nitrogens with zero attached hydrogens (tertiary/aromatic N) is 3. The lowest BCUT2D eigenvalue weighted by Gasteiger charge is -2.24. The molecular formula is C26H33N5O2. The van der Waals surface area contributed by atoms with Gasteiger partial charge in [0.25, 0.3) is 0 Å². The number of aromatic nitrogens is 2. The number of para-hydroxylation sites is 2. The van der Waals surface area contributed by atoms with E-state index in [4.69, 9.17) is 5.10 Å². The van der Waals surface area contributed by atoms with Crippen LogP contribution in [0.3, 0.4) is 0 Å². The van der Waals surface area contributed by atoms with Crippen LogP contribution < -0.4 is 10.6 Å². The maximum Gasteiger partial charge on any atom is 0.322 e. The fourth-order valence-corrected chi connectivity index (χ4v) is 3.34. The molecule has 0 aliphatic heterocycles. The number of carbonyl (C=O) groups is 2. The Morgan fingerprint density at radius 1 is 0.970 bits per heavy atom. The SMILES string of the molecule is CC(C)CN(CC(=O)Nc1cc(C(C)(C)C)nn1-c1ccccc1)C(=O)Nc1ccccc1. The monoisotopic (exact) mass is 447 g/mol. The Balaban J connectivity index is 1.79. The van der Waals surface area contributed by atoms with E-state index in [2.05, 4.69) is 31.4 Å². The molecule has 1 aromatic heterocycles. The van der Waals surface area contributed by atoms with Gasteiger partial charge in [-0.1, -0.05) is 71.0 Å². The van der Waals surface area contributed by atoms with E-state index in [1.165, 1.54) is 4.90 Å². The van der Waals surface area contributed by atoms with Crippen molar-refractivity contribution < 1.29 is 9.59 Å². The van der Waals surface area contributed by atoms with Gasteiger partial charge in [0.2, 0.25) is 5.91 Å². The molecule has 174 valence electrons. The first-order valence-electron chi connectivity index (χ1n) is 11.2. The molecule has 0 bridgehead atoms. The third-order valence-corrected chi connectivity index (χ3v) is 4.98. The Bertz CT molecular complexity index is 1070. The third kappa shape index (κ3) is 6.68. The molecule has 0 unspecified atom stereocenters. The number of carbonyl (C=O) groups excluding carboxylic acids is 2. The van der Waals surface area contributed by atoms with Gasteiger partial charge in [-0.3, -0.25) is 4.79 Å². The molecule has 0 saturated carbocycles. The molecule has 0 aliphatic rings. The second kappa shape index (κ2) is 10.3. The average Bonchev–Trinajstić information content (AvgIpc) is 3.18. The lowest BCUT2D eigenvalue weighted by molar-refractivity contribution is -0.116. The smallest absolute Gasteiger partial charge is 0.315 e. The third-order valence-electron chi connectivity index (χ3n) is 4.98. The van der Waals surface area contributed by atoms with Crippen molar-refractivity contribution in [2.45, 2.75) is 40.0 Å². The van der Waals surface area contributed by atoms with Gasteiger partial charge in [-0.05, 0) is 30.2 Å². The molecule has 3 amide bonds. The van der Waals surface area contributed by atoms with Gasteiger partial charge in [0, 0.05) is 23.7 Å². The molecule has 7 heteroatoms. The Morgan fingerprint density at radius 3 is 2.15 bits per heavy atom. The first-order valence-corrected chi connectivity index (χ1v) is 11.2. The molecule has 0 spiro atoms. The minimum Gasteiger partial charge on any atom is -0.315 e. The molecule has 7 nitrogen and oxygen atoms in total. The lowest BCUT2D eigenvalue weighted by Crippen LogP contribution is -2.42. The summed E-state index contributed by atoms with van der Waals surface area (Å²) in [6.45, 7) is 10.7. The Kier molecular flexibility index (Phi) is 7.53. The molecule has 0 aliphatic carbocycles. The van der Waals surface area contributed by atoms with Crippen molar-refractivity contribution >= 4 is 23.4 Å². The largest absolute Gasteiger partial charge is 0.322 e. The van der Waals surface area contributed by atoms with Crippen LogP contribution in [0.15, 0.2) is 66.7 Å². The molecule has 2 N–H and O–H groups in total. The predicted octanol–water partition coefficient (Wildman–Crippen LogP) is 5.30. The van der Waals surface area contributed by atoms with Gasteiger partial charge in [-0.25, -0.2) is 9.48 Å². The van der Waals surface area contributed by atoms with Crippen molar-refractivity contribution in [1.82, 2.24) is 14.7 Å². The van der Waals surface area contributed by atoms with Crippen LogP contribution >= 0.6 is 0 Å². The Hall–Kier alpha value is -3.61. The summed E-state index contributed by atoms with van der Waals surface area (Å²) >= 11 is 0. The highest BCUT2D eigenvalue weighted by molar-refractivity contribution is 5.96. The summed E-state index contributed by atoms with van der Waals surface area (Å²) in [6.07, 6.45) is 0. The standard InChI is InChI=1S/C26H33N5O2/c1-19(2)17-30(25(33)27-20-12-8-6-9-13-20)18-24(32)28-23-16-22(26(3,4)5)29-31(23)21-14-10-7-11-15-21/h6-16,19H,17-18H2,1-5H3,(H,27,33)(H,28,32). The molecule has 2 aromatic carbocycles. The zero-order chi connectivity index (χ0) is 24.0. The van der Waals surface area contributed by atoms with Crippen LogP contribution in [0.2, 0.25) is 0 Å². The van der Waals surface area contributed by atoms with Crippen molar-refractivity contribution in [2.75, 3.05) is 23.7 Å². The Morgan fingerprint density at radius 2 is 1.58 bits per heavy atom. The van der Waals surface area contributed by atoms with E-state index < -0.39 is 0 Å². The molecule has 3 rings (SSSR count). The first-order chi connectivity index (χ1) is 15.6. The predicted molar refractivity (Wildman–Crippen MR) is 133 cm³/mol. The van der Waals surface area contributed by atoms with Crippen LogP contribution in [0.1, 0.15) is 40.3 Å². The summed E-state index contributed by atoms with van der Waals surface area (Å²) in [6, 6.07) is 20.5. The summed E-state index contributed by atoms with van der Waals surface area (Å²) in [4.78, 5) is 27.4. The van der Waals surface area contributed by atoms with E-state index in [-0.39, 0.29) is 29.8 Å². The number of amides is 3. The van der Waals surface area contributed by atoms with Gasteiger partial charge < -0.3 is 15.5 Å². The topological polar surface area (TPSA) is 79.3 Å². The first kappa shape index (κ1) is 24.0. The molecular weight excluding hydrogens is 414 g/mol. The van der Waals surface area contributed by atoms with Gasteiger partial charge in [-0.2, -0.15) is 5.10 Å². The molecule has 3 aromatic rings. The molecule has 0 atom stereocenters. The van der Waals surface area contributed by atoms with Crippen LogP contribution in [0.5, 0.6) is 0 Å². The van der Waals surface area contributed by atoms with Crippen LogP contribution in [0.25, 0.3) is 5.69 Å². The minimum absolute atomic E-state index is 0.0678. The highest BCUT2D eigenvalue weighted by Crippen LogP contribution is 2.26. The molecule has 0 fully saturated rings. The number of hydrogen-bond donors (Lipinski definition) is 2. The van der Waals surface area contributed by atoms with Gasteiger partial charge in [0.1, 0.15) is 12.4 Å². The normalized spacial score (nSPS) is 11.3. The summed E-state index contributed by atoms with van der Waals surface area (Å²) in [7, 11) is 0. The van der Waals surface area contributed by atoms with E-state index in [1.807, 2.05) is 80.6 Å². The molecule has 1 heterocycles. The second-order valence-electron chi connectivity index (χ2n) is 9.53. The van der Waals surface area contributed by atoms with Gasteiger partial charge in [0.15, 0.2) is 0 Å². The van der Waals surface area contributed by atoms with Crippen molar-refractivity contribution in [1.29, 1.82) is 0 Å². The number of benzene rings is 2. The van der Waals surface area contributed by atoms with Crippen molar-refractivity contribution in [3.63, 3.8) is 0 Å². The van der Waals surface area contributed by atoms with Gasteiger partial charge in [0.05, 0.1) is 11.4 Å². The maximum absolute atomic E-state index is 13.0. The Labute approximate surface area is 195 Å². The second-order valence-corrected chi connectivity index (χ2v) is 9.53. The molecule has 0 saturated heterocycles. The van der Waals surface area contributed by atoms with Crippen LogP contribution in [-0.2, 0) is 10.2 Å². The van der Waals surface area contributed by atoms with Crippen molar-refractivity contribution in [2.24, 2.45) is 5.92 Å². The van der Waals surface area contributed by atoms with Crippen molar-refractivity contribution in [3.8, 4) is 5.69 Å². The van der Waals surface area contributed by atoms with Crippen LogP contribution in [-0.4, -0.2) is 39.7 Å². The molecule has 33 heavy (non-hydrogen) atoms. The summed E-state index contributed by atoms with van der Waals surface area (Å²) in [5.74, 6) is 0.502. The van der Waals surface area contributed by atoms with E-state index in [0.29, 0.717) is 18.1 Å². The quantitative estimate of drug-likeness (QED) is 0.516. The summed E-state index contributed by atoms with van der Waals surface area (Å²) in [5, 5.41) is 10.6. The van der Waals surface area contributed by atoms with Gasteiger partial charge >= 0.3 is 6.03 Å². The van der Waals surface area contributed by atoms with E-state index in [9.17, 15) is 9.59 Å². The van der Waals surface area contributed by atoms with Crippen LogP contribution in [0.4, 0.5) is 16.3 Å². The van der Waals surface area contributed by atoms with E-state index in [1.54, 1.807) is 4.68 Å². The van der Waals surface area contributed by atoms with E-state index >= 15 is 0 Å². The number of urea groups is 1. The fourth-order valence-electron chi connectivity index (χ4n) is 3.34. The van der Waals surface area contributed by atoms with E-state index in [0.717, 1.165) is 11.4 Å². The number of anilines is 2. The van der Waals surface area contributed by atoms with Gasteiger partial charge in [-0.15, -0.1) is 0 Å². The number of nitrogens with one attached hydrogen (secondary N) is 2. The molecule has 0 radical (unpaired) electrons. The average molecular weight is 448 g/mol.